The molecule has 3 aromatic carbocycles. The van der Waals surface area contributed by atoms with E-state index in [1.165, 1.54) is 31.0 Å². The van der Waals surface area contributed by atoms with Crippen molar-refractivity contribution in [3.63, 3.8) is 0 Å². The van der Waals surface area contributed by atoms with E-state index in [1.807, 2.05) is 36.4 Å². The van der Waals surface area contributed by atoms with E-state index in [0.717, 1.165) is 16.7 Å². The van der Waals surface area contributed by atoms with Crippen LogP contribution in [0.15, 0.2) is 65.6 Å². The second kappa shape index (κ2) is 12.0. The van der Waals surface area contributed by atoms with Gasteiger partial charge in [-0.3, -0.25) is 9.69 Å². The van der Waals surface area contributed by atoms with E-state index < -0.39 is 5.97 Å². The van der Waals surface area contributed by atoms with Gasteiger partial charge < -0.3 is 14.6 Å². The summed E-state index contributed by atoms with van der Waals surface area (Å²) in [6, 6.07) is 17.5. The first kappa shape index (κ1) is 27.0. The fourth-order valence-corrected chi connectivity index (χ4v) is 5.51. The largest absolute Gasteiger partial charge is 0.493 e. The summed E-state index contributed by atoms with van der Waals surface area (Å²) in [6.07, 6.45) is 2.34. The van der Waals surface area contributed by atoms with Crippen LogP contribution in [-0.4, -0.2) is 46.5 Å². The zero-order valence-electron chi connectivity index (χ0n) is 19.6. The summed E-state index contributed by atoms with van der Waals surface area (Å²) in [5.41, 5.74) is 2.72. The van der Waals surface area contributed by atoms with Gasteiger partial charge in [0.15, 0.2) is 11.5 Å². The van der Waals surface area contributed by atoms with Gasteiger partial charge in [0, 0.05) is 22.2 Å². The predicted octanol–water partition coefficient (Wildman–Crippen LogP) is 7.04. The highest BCUT2D eigenvalue weighted by molar-refractivity contribution is 8.26. The molecule has 4 rings (SSSR count). The number of methoxy groups -OCH3 is 1. The van der Waals surface area contributed by atoms with Crippen molar-refractivity contribution in [2.24, 2.45) is 0 Å². The third-order valence-electron chi connectivity index (χ3n) is 5.49. The molecule has 1 saturated heterocycles. The molecule has 1 heterocycles. The molecule has 3 aromatic rings. The Kier molecular flexibility index (Phi) is 8.76. The van der Waals surface area contributed by atoms with Crippen molar-refractivity contribution >= 4 is 69.5 Å². The molecular formula is C27H21Cl2NO5S2. The van der Waals surface area contributed by atoms with E-state index in [1.54, 1.807) is 23.1 Å². The van der Waals surface area contributed by atoms with E-state index in [4.69, 9.17) is 50.0 Å². The Labute approximate surface area is 233 Å². The van der Waals surface area contributed by atoms with Crippen LogP contribution in [-0.2, 0) is 4.79 Å². The minimum Gasteiger partial charge on any atom is -0.493 e. The topological polar surface area (TPSA) is 76.1 Å². The summed E-state index contributed by atoms with van der Waals surface area (Å²) < 4.78 is 11.5. The van der Waals surface area contributed by atoms with Gasteiger partial charge in [-0.15, -0.1) is 0 Å². The van der Waals surface area contributed by atoms with E-state index in [-0.39, 0.29) is 11.5 Å². The number of carbonyl (C=O) groups is 2. The van der Waals surface area contributed by atoms with Crippen LogP contribution in [0.3, 0.4) is 0 Å². The Morgan fingerprint density at radius 2 is 1.92 bits per heavy atom. The van der Waals surface area contributed by atoms with E-state index in [2.05, 4.69) is 0 Å². The second-order valence-corrected chi connectivity index (χ2v) is 10.5. The molecule has 1 fully saturated rings. The quantitative estimate of drug-likeness (QED) is 0.167. The monoisotopic (exact) mass is 573 g/mol. The number of hydrogen-bond donors (Lipinski definition) is 1. The third-order valence-corrected chi connectivity index (χ3v) is 7.42. The average Bonchev–Trinajstić information content (AvgIpc) is 3.13. The molecule has 37 heavy (non-hydrogen) atoms. The average molecular weight is 575 g/mol. The lowest BCUT2D eigenvalue weighted by atomic mass is 10.0. The molecule has 6 nitrogen and oxygen atoms in total. The maximum absolute atomic E-state index is 13.0. The number of carboxylic acid groups (broad SMARTS) is 1. The van der Waals surface area contributed by atoms with Gasteiger partial charge in [-0.25, -0.2) is 4.79 Å². The van der Waals surface area contributed by atoms with Gasteiger partial charge in [0.1, 0.15) is 4.32 Å². The van der Waals surface area contributed by atoms with Gasteiger partial charge in [-0.05, 0) is 60.0 Å². The molecule has 1 N–H and O–H groups in total. The maximum atomic E-state index is 13.0. The molecule has 0 saturated carbocycles. The normalized spacial score (nSPS) is 14.4. The Hall–Kier alpha value is -3.04. The molecular weight excluding hydrogens is 553 g/mol. The number of nitrogens with zero attached hydrogens (tertiary/aromatic N) is 1. The predicted molar refractivity (Wildman–Crippen MR) is 152 cm³/mol. The number of rotatable bonds is 9. The fourth-order valence-electron chi connectivity index (χ4n) is 3.69. The summed E-state index contributed by atoms with van der Waals surface area (Å²) >= 11 is 19.1. The Balaban J connectivity index is 1.39. The zero-order valence-corrected chi connectivity index (χ0v) is 22.7. The van der Waals surface area contributed by atoms with Crippen molar-refractivity contribution in [3.8, 4) is 22.6 Å². The summed E-state index contributed by atoms with van der Waals surface area (Å²) in [6.45, 7) is 0.681. The number of carbonyl (C=O) groups excluding carboxylic acids is 1. The lowest BCUT2D eigenvalue weighted by Gasteiger charge is -2.15. The van der Waals surface area contributed by atoms with Crippen LogP contribution in [0, 0.1) is 0 Å². The molecule has 0 aliphatic carbocycles. The summed E-state index contributed by atoms with van der Waals surface area (Å²) in [5.74, 6) is -0.449. The van der Waals surface area contributed by atoms with Crippen molar-refractivity contribution in [1.82, 2.24) is 4.90 Å². The highest BCUT2D eigenvalue weighted by Gasteiger charge is 2.31. The number of carboxylic acids is 1. The smallest absolute Gasteiger partial charge is 0.335 e. The molecule has 1 aliphatic heterocycles. The number of benzene rings is 3. The third kappa shape index (κ3) is 6.45. The van der Waals surface area contributed by atoms with E-state index in [0.29, 0.717) is 50.3 Å². The van der Waals surface area contributed by atoms with Gasteiger partial charge in [0.05, 0.1) is 24.2 Å². The summed E-state index contributed by atoms with van der Waals surface area (Å²) in [7, 11) is 1.44. The SMILES string of the molecule is COc1cc(C(=O)O)ccc1OCCCN1C(=O)C(=Cc2cccc(-c3ccc(Cl)cc3Cl)c2)SC1=S. The van der Waals surface area contributed by atoms with E-state index in [9.17, 15) is 9.59 Å². The first-order valence-electron chi connectivity index (χ1n) is 11.1. The number of thioether (sulfide) groups is 1. The number of thiocarbonyl (C=S) groups is 1. The van der Waals surface area contributed by atoms with Gasteiger partial charge in [0.25, 0.3) is 5.91 Å². The van der Waals surface area contributed by atoms with Crippen LogP contribution < -0.4 is 9.47 Å². The zero-order chi connectivity index (χ0) is 26.5. The molecule has 0 unspecified atom stereocenters. The number of hydrogen-bond acceptors (Lipinski definition) is 6. The highest BCUT2D eigenvalue weighted by atomic mass is 35.5. The van der Waals surface area contributed by atoms with Crippen molar-refractivity contribution < 1.29 is 24.2 Å². The van der Waals surface area contributed by atoms with Crippen molar-refractivity contribution in [3.05, 3.63) is 86.7 Å². The molecule has 1 aliphatic rings. The van der Waals surface area contributed by atoms with Crippen LogP contribution in [0.4, 0.5) is 0 Å². The number of amides is 1. The maximum Gasteiger partial charge on any atom is 0.335 e. The van der Waals surface area contributed by atoms with Gasteiger partial charge >= 0.3 is 5.97 Å². The number of aromatic carboxylic acids is 1. The molecule has 0 radical (unpaired) electrons. The van der Waals surface area contributed by atoms with Crippen molar-refractivity contribution in [2.45, 2.75) is 6.42 Å². The summed E-state index contributed by atoms with van der Waals surface area (Å²) in [5, 5.41) is 10.2. The fraction of sp³-hybridized carbons (Fsp3) is 0.148. The molecule has 1 amide bonds. The minimum atomic E-state index is -1.05. The standard InChI is InChI=1S/C27H21Cl2NO5S2/c1-34-23-14-18(26(32)33)6-9-22(23)35-11-3-10-30-25(31)24(37-27(30)36)13-16-4-2-5-17(12-16)20-8-7-19(28)15-21(20)29/h2,4-9,12-15H,3,10-11H2,1H3,(H,32,33). The summed E-state index contributed by atoms with van der Waals surface area (Å²) in [4.78, 5) is 26.3. The lowest BCUT2D eigenvalue weighted by Crippen LogP contribution is -2.29. The van der Waals surface area contributed by atoms with Crippen LogP contribution >= 0.6 is 47.2 Å². The molecule has 0 bridgehead atoms. The molecule has 0 atom stereocenters. The minimum absolute atomic E-state index is 0.107. The Bertz CT molecular complexity index is 1410. The van der Waals surface area contributed by atoms with Gasteiger partial charge in [-0.2, -0.15) is 0 Å². The Morgan fingerprint density at radius 1 is 1.11 bits per heavy atom. The highest BCUT2D eigenvalue weighted by Crippen LogP contribution is 2.35. The van der Waals surface area contributed by atoms with E-state index >= 15 is 0 Å². The van der Waals surface area contributed by atoms with Crippen LogP contribution in [0.1, 0.15) is 22.3 Å². The van der Waals surface area contributed by atoms with Crippen molar-refractivity contribution in [1.29, 1.82) is 0 Å². The van der Waals surface area contributed by atoms with Crippen molar-refractivity contribution in [2.75, 3.05) is 20.3 Å². The van der Waals surface area contributed by atoms with Crippen LogP contribution in [0.5, 0.6) is 11.5 Å². The first-order chi connectivity index (χ1) is 17.8. The van der Waals surface area contributed by atoms with Crippen LogP contribution in [0.2, 0.25) is 10.0 Å². The van der Waals surface area contributed by atoms with Crippen LogP contribution in [0.25, 0.3) is 17.2 Å². The van der Waals surface area contributed by atoms with Gasteiger partial charge in [0.2, 0.25) is 0 Å². The van der Waals surface area contributed by atoms with Gasteiger partial charge in [-0.1, -0.05) is 71.4 Å². The first-order valence-corrected chi connectivity index (χ1v) is 13.1. The molecule has 0 aromatic heterocycles. The number of halogens is 2. The Morgan fingerprint density at radius 3 is 2.65 bits per heavy atom. The lowest BCUT2D eigenvalue weighted by molar-refractivity contribution is -0.122. The number of ether oxygens (including phenoxy) is 2. The molecule has 10 heteroatoms. The molecule has 190 valence electrons. The second-order valence-electron chi connectivity index (χ2n) is 7.96. The molecule has 0 spiro atoms.